The quantitative estimate of drug-likeness (QED) is 0.293. The molecule has 2 aromatic carbocycles. The third-order valence-corrected chi connectivity index (χ3v) is 4.33. The predicted octanol–water partition coefficient (Wildman–Crippen LogP) is 4.10. The fourth-order valence-electron chi connectivity index (χ4n) is 2.21. The van der Waals surface area contributed by atoms with Crippen molar-refractivity contribution in [3.63, 3.8) is 0 Å². The molecule has 2 aromatic rings. The van der Waals surface area contributed by atoms with E-state index in [-0.39, 0.29) is 11.3 Å². The Balaban J connectivity index is 2.01. The summed E-state index contributed by atoms with van der Waals surface area (Å²) in [5.74, 6) is -4.16. The lowest BCUT2D eigenvalue weighted by atomic mass is 10.2. The molecule has 0 bridgehead atoms. The van der Waals surface area contributed by atoms with Crippen LogP contribution in [-0.4, -0.2) is 35.8 Å². The number of nitrogens with one attached hydrogen (secondary N) is 1. The van der Waals surface area contributed by atoms with Gasteiger partial charge in [-0.3, -0.25) is 14.9 Å². The van der Waals surface area contributed by atoms with Crippen molar-refractivity contribution in [2.75, 3.05) is 12.4 Å². The van der Waals surface area contributed by atoms with Crippen LogP contribution in [-0.2, 0) is 9.53 Å². The van der Waals surface area contributed by atoms with Crippen LogP contribution in [0.25, 0.3) is 0 Å². The number of alkyl halides is 2. The molecule has 0 heterocycles. The molecule has 8 nitrogen and oxygen atoms in total. The maximum atomic E-state index is 12.3. The number of ether oxygens (including phenoxy) is 2. The minimum absolute atomic E-state index is 0.0224. The Kier molecular flexibility index (Phi) is 7.48. The van der Waals surface area contributed by atoms with Crippen molar-refractivity contribution in [3.8, 4) is 5.75 Å². The fraction of sp³-hybridized carbons (Fsp3) is 0.222. The van der Waals surface area contributed by atoms with Gasteiger partial charge in [-0.1, -0.05) is 11.8 Å². The molecule has 0 aromatic heterocycles. The summed E-state index contributed by atoms with van der Waals surface area (Å²) in [6.07, 6.45) is -1.21. The molecule has 2 rings (SSSR count). The zero-order valence-corrected chi connectivity index (χ0v) is 16.1. The number of rotatable bonds is 8. The molecule has 0 saturated carbocycles. The number of benzene rings is 2. The molecule has 1 atom stereocenters. The fourth-order valence-corrected chi connectivity index (χ4v) is 2.70. The highest BCUT2D eigenvalue weighted by Crippen LogP contribution is 2.28. The van der Waals surface area contributed by atoms with Gasteiger partial charge in [-0.15, -0.1) is 0 Å². The summed E-state index contributed by atoms with van der Waals surface area (Å²) in [4.78, 5) is 35.0. The number of nitro benzene ring substituents is 1. The maximum Gasteiger partial charge on any atom is 0.339 e. The van der Waals surface area contributed by atoms with Crippen LogP contribution in [0.1, 0.15) is 17.3 Å². The van der Waals surface area contributed by atoms with E-state index in [1.54, 1.807) is 0 Å². The first kappa shape index (κ1) is 22.1. The van der Waals surface area contributed by atoms with Gasteiger partial charge in [-0.25, -0.2) is 4.79 Å². The van der Waals surface area contributed by atoms with E-state index in [0.29, 0.717) is 22.3 Å². The second kappa shape index (κ2) is 9.82. The zero-order chi connectivity index (χ0) is 21.6. The molecular formula is C18H16F2N2O6S. The van der Waals surface area contributed by atoms with E-state index >= 15 is 0 Å². The lowest BCUT2D eigenvalue weighted by Gasteiger charge is -2.14. The van der Waals surface area contributed by atoms with Gasteiger partial charge >= 0.3 is 11.7 Å². The topological polar surface area (TPSA) is 108 Å². The molecule has 1 N–H and O–H groups in total. The van der Waals surface area contributed by atoms with Gasteiger partial charge in [0.1, 0.15) is 0 Å². The van der Waals surface area contributed by atoms with Crippen molar-refractivity contribution in [1.29, 1.82) is 0 Å². The Morgan fingerprint density at radius 1 is 1.17 bits per heavy atom. The number of hydrogen-bond acceptors (Lipinski definition) is 7. The number of nitro groups is 1. The van der Waals surface area contributed by atoms with E-state index in [2.05, 4.69) is 5.32 Å². The largest absolute Gasteiger partial charge is 0.490 e. The molecule has 0 aliphatic rings. The first-order valence-electron chi connectivity index (χ1n) is 8.10. The summed E-state index contributed by atoms with van der Waals surface area (Å²) < 4.78 is 34.5. The van der Waals surface area contributed by atoms with Gasteiger partial charge in [-0.05, 0) is 43.3 Å². The van der Waals surface area contributed by atoms with Crippen LogP contribution in [0.15, 0.2) is 47.4 Å². The molecule has 0 saturated heterocycles. The summed E-state index contributed by atoms with van der Waals surface area (Å²) in [6, 6.07) is 9.22. The van der Waals surface area contributed by atoms with E-state index in [0.717, 1.165) is 6.07 Å². The zero-order valence-electron chi connectivity index (χ0n) is 15.3. The highest BCUT2D eigenvalue weighted by molar-refractivity contribution is 7.99. The van der Waals surface area contributed by atoms with E-state index in [4.69, 9.17) is 9.47 Å². The molecule has 11 heteroatoms. The van der Waals surface area contributed by atoms with E-state index in [9.17, 15) is 28.5 Å². The average molecular weight is 426 g/mol. The van der Waals surface area contributed by atoms with E-state index in [1.807, 2.05) is 0 Å². The summed E-state index contributed by atoms with van der Waals surface area (Å²) in [5.41, 5.74) is -0.206. The molecular weight excluding hydrogens is 410 g/mol. The third kappa shape index (κ3) is 6.14. The Bertz CT molecular complexity index is 908. The Morgan fingerprint density at radius 2 is 1.83 bits per heavy atom. The number of anilines is 1. The SMILES string of the molecule is COc1ccc(C(=O)OC(C)C(=O)Nc2ccc(SC(F)F)cc2)cc1[N+](=O)[O-]. The van der Waals surface area contributed by atoms with Gasteiger partial charge in [0.15, 0.2) is 11.9 Å². The molecule has 1 unspecified atom stereocenters. The lowest BCUT2D eigenvalue weighted by molar-refractivity contribution is -0.385. The van der Waals surface area contributed by atoms with Crippen LogP contribution in [0.5, 0.6) is 5.75 Å². The number of nitrogens with zero attached hydrogens (tertiary/aromatic N) is 1. The number of methoxy groups -OCH3 is 1. The normalized spacial score (nSPS) is 11.6. The lowest BCUT2D eigenvalue weighted by Crippen LogP contribution is -2.30. The Labute approximate surface area is 168 Å². The van der Waals surface area contributed by atoms with Gasteiger partial charge in [-0.2, -0.15) is 8.78 Å². The minimum atomic E-state index is -2.55. The third-order valence-electron chi connectivity index (χ3n) is 3.61. The van der Waals surface area contributed by atoms with Gasteiger partial charge in [0.05, 0.1) is 17.6 Å². The summed E-state index contributed by atoms with van der Waals surface area (Å²) >= 11 is 0.372. The molecule has 1 amide bonds. The molecule has 0 fully saturated rings. The van der Waals surface area contributed by atoms with E-state index < -0.39 is 34.3 Å². The van der Waals surface area contributed by atoms with Crippen molar-refractivity contribution in [2.24, 2.45) is 0 Å². The second-order valence-electron chi connectivity index (χ2n) is 5.58. The highest BCUT2D eigenvalue weighted by atomic mass is 32.2. The molecule has 154 valence electrons. The van der Waals surface area contributed by atoms with Crippen LogP contribution < -0.4 is 10.1 Å². The number of esters is 1. The summed E-state index contributed by atoms with van der Waals surface area (Å²) in [7, 11) is 1.26. The minimum Gasteiger partial charge on any atom is -0.490 e. The first-order chi connectivity index (χ1) is 13.7. The number of carbonyl (C=O) groups excluding carboxylic acids is 2. The van der Waals surface area contributed by atoms with E-state index in [1.165, 1.54) is 50.4 Å². The second-order valence-corrected chi connectivity index (χ2v) is 6.65. The van der Waals surface area contributed by atoms with Crippen LogP contribution in [0.2, 0.25) is 0 Å². The molecule has 0 aliphatic heterocycles. The van der Waals surface area contributed by atoms with Gasteiger partial charge in [0.2, 0.25) is 0 Å². The Morgan fingerprint density at radius 3 is 2.38 bits per heavy atom. The van der Waals surface area contributed by atoms with Crippen LogP contribution in [0, 0.1) is 10.1 Å². The first-order valence-corrected chi connectivity index (χ1v) is 8.98. The highest BCUT2D eigenvalue weighted by Gasteiger charge is 2.23. The monoisotopic (exact) mass is 426 g/mol. The predicted molar refractivity (Wildman–Crippen MR) is 101 cm³/mol. The number of halogens is 2. The van der Waals surface area contributed by atoms with Gasteiger partial charge in [0, 0.05) is 16.6 Å². The van der Waals surface area contributed by atoms with Crippen molar-refractivity contribution >= 4 is 35.0 Å². The molecule has 0 spiro atoms. The molecule has 0 aliphatic carbocycles. The van der Waals surface area contributed by atoms with Crippen LogP contribution in [0.3, 0.4) is 0 Å². The number of hydrogen-bond donors (Lipinski definition) is 1. The van der Waals surface area contributed by atoms with Crippen LogP contribution >= 0.6 is 11.8 Å². The number of thioether (sulfide) groups is 1. The van der Waals surface area contributed by atoms with Gasteiger partial charge < -0.3 is 14.8 Å². The van der Waals surface area contributed by atoms with Crippen molar-refractivity contribution in [2.45, 2.75) is 23.7 Å². The Hall–Kier alpha value is -3.21. The maximum absolute atomic E-state index is 12.3. The van der Waals surface area contributed by atoms with Crippen molar-refractivity contribution in [3.05, 3.63) is 58.1 Å². The molecule has 0 radical (unpaired) electrons. The van der Waals surface area contributed by atoms with Crippen LogP contribution in [0.4, 0.5) is 20.2 Å². The van der Waals surface area contributed by atoms with Crippen molar-refractivity contribution < 1.29 is 32.8 Å². The smallest absolute Gasteiger partial charge is 0.339 e. The number of carbonyl (C=O) groups is 2. The average Bonchev–Trinajstić information content (AvgIpc) is 2.68. The summed E-state index contributed by atoms with van der Waals surface area (Å²) in [5, 5.41) is 13.5. The van der Waals surface area contributed by atoms with Gasteiger partial charge in [0.25, 0.3) is 11.7 Å². The summed E-state index contributed by atoms with van der Waals surface area (Å²) in [6.45, 7) is 1.33. The number of amides is 1. The molecule has 29 heavy (non-hydrogen) atoms. The standard InChI is InChI=1S/C18H16F2N2O6S/c1-10(16(23)21-12-4-6-13(7-5-12)29-18(19)20)28-17(24)11-3-8-15(27-2)14(9-11)22(25)26/h3-10,18H,1-2H3,(H,21,23). The van der Waals surface area contributed by atoms with Crippen molar-refractivity contribution in [1.82, 2.24) is 0 Å².